The van der Waals surface area contributed by atoms with E-state index in [1.807, 2.05) is 23.1 Å². The van der Waals surface area contributed by atoms with E-state index in [2.05, 4.69) is 16.8 Å². The minimum absolute atomic E-state index is 0.0487. The van der Waals surface area contributed by atoms with Crippen molar-refractivity contribution in [3.63, 3.8) is 0 Å². The Morgan fingerprint density at radius 1 is 1.04 bits per heavy atom. The van der Waals surface area contributed by atoms with Gasteiger partial charge < -0.3 is 9.42 Å². The summed E-state index contributed by atoms with van der Waals surface area (Å²) in [5.74, 6) is 1.31. The molecule has 2 aliphatic rings. The van der Waals surface area contributed by atoms with Gasteiger partial charge in [-0.1, -0.05) is 79.3 Å². The fraction of sp³-hybridized carbons (Fsp3) is 0.368. The number of unbranched alkanes of at least 4 members (excludes halogenated alkanes) is 1. The molecule has 0 bridgehead atoms. The van der Waals surface area contributed by atoms with E-state index in [1.165, 1.54) is 0 Å². The zero-order valence-corrected chi connectivity index (χ0v) is 30.4. The number of benzene rings is 3. The molecule has 6 rings (SSSR count). The van der Waals surface area contributed by atoms with Crippen molar-refractivity contribution in [3.05, 3.63) is 99.8 Å². The molecule has 1 N–H and O–H groups in total. The molecule has 0 saturated heterocycles. The lowest BCUT2D eigenvalue weighted by atomic mass is 9.95. The SMILES string of the molecule is CCCCC1=NC2(CCCC2)C(=O)N1Cc1ccc(-c2ccccc2S(=O)(=O)Nc2noc(C)c2C)c(CN(C)C(=O)c2ccc(Cl)cc2)c1. The monoisotopic (exact) mass is 715 g/mol. The largest absolute Gasteiger partial charge is 0.359 e. The van der Waals surface area contributed by atoms with Crippen LogP contribution < -0.4 is 4.72 Å². The number of hydrogen-bond acceptors (Lipinski definition) is 7. The fourth-order valence-corrected chi connectivity index (χ4v) is 8.18. The van der Waals surface area contributed by atoms with Crippen LogP contribution >= 0.6 is 11.6 Å². The average Bonchev–Trinajstić information content (AvgIpc) is 3.78. The molecule has 1 spiro atoms. The van der Waals surface area contributed by atoms with Crippen LogP contribution in [0.25, 0.3) is 11.1 Å². The van der Waals surface area contributed by atoms with Crippen molar-refractivity contribution in [2.45, 2.75) is 89.2 Å². The van der Waals surface area contributed by atoms with Gasteiger partial charge in [-0.25, -0.2) is 8.42 Å². The Bertz CT molecular complexity index is 2050. The summed E-state index contributed by atoms with van der Waals surface area (Å²) in [6.07, 6.45) is 6.18. The molecular weight excluding hydrogens is 674 g/mol. The third-order valence-corrected chi connectivity index (χ3v) is 11.3. The van der Waals surface area contributed by atoms with Crippen LogP contribution in [0.1, 0.15) is 84.7 Å². The zero-order chi connectivity index (χ0) is 35.6. The summed E-state index contributed by atoms with van der Waals surface area (Å²) in [6.45, 7) is 6.07. The van der Waals surface area contributed by atoms with Gasteiger partial charge in [0.15, 0.2) is 5.82 Å². The maximum atomic E-state index is 13.9. The second-order valence-corrected chi connectivity index (χ2v) is 15.3. The lowest BCUT2D eigenvalue weighted by molar-refractivity contribution is -0.131. The van der Waals surface area contributed by atoms with Crippen LogP contribution in [0.2, 0.25) is 5.02 Å². The summed E-state index contributed by atoms with van der Waals surface area (Å²) in [6, 6.07) is 19.2. The van der Waals surface area contributed by atoms with Gasteiger partial charge in [-0.05, 0) is 80.1 Å². The Balaban J connectivity index is 1.39. The first-order chi connectivity index (χ1) is 23.9. The highest BCUT2D eigenvalue weighted by molar-refractivity contribution is 7.92. The van der Waals surface area contributed by atoms with E-state index in [9.17, 15) is 18.0 Å². The lowest BCUT2D eigenvalue weighted by Crippen LogP contribution is -2.40. The number of carbonyl (C=O) groups is 2. The van der Waals surface area contributed by atoms with E-state index < -0.39 is 15.6 Å². The molecule has 4 aromatic rings. The Labute approximate surface area is 298 Å². The number of aliphatic imine (C=N–C) groups is 1. The zero-order valence-electron chi connectivity index (χ0n) is 28.8. The van der Waals surface area contributed by atoms with Gasteiger partial charge in [-0.3, -0.25) is 24.2 Å². The summed E-state index contributed by atoms with van der Waals surface area (Å²) in [5.41, 5.74) is 3.08. The minimum atomic E-state index is -4.11. The number of rotatable bonds is 12. The van der Waals surface area contributed by atoms with Crippen molar-refractivity contribution in [1.82, 2.24) is 15.0 Å². The number of amides is 2. The molecule has 1 aliphatic heterocycles. The number of carbonyl (C=O) groups excluding carboxylic acids is 2. The molecule has 12 heteroatoms. The van der Waals surface area contributed by atoms with Gasteiger partial charge in [0, 0.05) is 41.7 Å². The van der Waals surface area contributed by atoms with E-state index >= 15 is 0 Å². The van der Waals surface area contributed by atoms with Crippen molar-refractivity contribution in [2.75, 3.05) is 11.8 Å². The highest BCUT2D eigenvalue weighted by atomic mass is 35.5. The van der Waals surface area contributed by atoms with Crippen molar-refractivity contribution in [1.29, 1.82) is 0 Å². The molecule has 0 unspecified atom stereocenters. The molecule has 1 aliphatic carbocycles. The highest BCUT2D eigenvalue weighted by Crippen LogP contribution is 2.40. The summed E-state index contributed by atoms with van der Waals surface area (Å²) in [7, 11) is -2.40. The van der Waals surface area contributed by atoms with Crippen molar-refractivity contribution in [2.24, 2.45) is 4.99 Å². The van der Waals surface area contributed by atoms with E-state index in [1.54, 1.807) is 74.3 Å². The molecule has 10 nitrogen and oxygen atoms in total. The number of nitrogens with one attached hydrogen (secondary N) is 1. The Morgan fingerprint density at radius 2 is 1.76 bits per heavy atom. The number of anilines is 1. The molecular formula is C38H42ClN5O5S. The third kappa shape index (κ3) is 7.07. The Morgan fingerprint density at radius 3 is 2.44 bits per heavy atom. The van der Waals surface area contributed by atoms with E-state index in [0.29, 0.717) is 39.6 Å². The first-order valence-corrected chi connectivity index (χ1v) is 18.9. The predicted octanol–water partition coefficient (Wildman–Crippen LogP) is 7.93. The quantitative estimate of drug-likeness (QED) is 0.159. The molecule has 262 valence electrons. The number of aromatic nitrogens is 1. The fourth-order valence-electron chi connectivity index (χ4n) is 6.78. The molecule has 0 atom stereocenters. The maximum absolute atomic E-state index is 13.9. The van der Waals surface area contributed by atoms with Crippen molar-refractivity contribution < 1.29 is 22.5 Å². The highest BCUT2D eigenvalue weighted by Gasteiger charge is 2.49. The molecule has 2 amide bonds. The third-order valence-electron chi connectivity index (χ3n) is 9.69. The second-order valence-electron chi connectivity index (χ2n) is 13.2. The Kier molecular flexibility index (Phi) is 10.2. The van der Waals surface area contributed by atoms with Crippen LogP contribution in [0.4, 0.5) is 5.82 Å². The number of halogens is 1. The smallest absolute Gasteiger partial charge is 0.263 e. The van der Waals surface area contributed by atoms with Gasteiger partial charge in [-0.15, -0.1) is 0 Å². The van der Waals surface area contributed by atoms with E-state index in [-0.39, 0.29) is 29.1 Å². The number of nitrogens with zero attached hydrogens (tertiary/aromatic N) is 4. The van der Waals surface area contributed by atoms with Crippen LogP contribution in [0.3, 0.4) is 0 Å². The average molecular weight is 716 g/mol. The van der Waals surface area contributed by atoms with Crippen LogP contribution in [0.5, 0.6) is 0 Å². The van der Waals surface area contributed by atoms with E-state index in [4.69, 9.17) is 21.1 Å². The predicted molar refractivity (Wildman–Crippen MR) is 195 cm³/mol. The number of sulfonamides is 1. The van der Waals surface area contributed by atoms with Crippen LogP contribution in [-0.4, -0.2) is 53.6 Å². The van der Waals surface area contributed by atoms with Crippen molar-refractivity contribution >= 4 is 45.1 Å². The van der Waals surface area contributed by atoms with Gasteiger partial charge in [0.2, 0.25) is 0 Å². The number of amidine groups is 1. The first-order valence-electron chi connectivity index (χ1n) is 17.0. The van der Waals surface area contributed by atoms with Crippen molar-refractivity contribution in [3.8, 4) is 11.1 Å². The van der Waals surface area contributed by atoms with Gasteiger partial charge in [0.05, 0.1) is 11.4 Å². The Hall–Kier alpha value is -4.48. The molecule has 1 saturated carbocycles. The maximum Gasteiger partial charge on any atom is 0.263 e. The first kappa shape index (κ1) is 35.3. The summed E-state index contributed by atoms with van der Waals surface area (Å²) in [5, 5.41) is 4.42. The van der Waals surface area contributed by atoms with Crippen LogP contribution in [0.15, 0.2) is 81.1 Å². The van der Waals surface area contributed by atoms with Gasteiger partial charge in [0.1, 0.15) is 17.1 Å². The van der Waals surface area contributed by atoms with Crippen LogP contribution in [0, 0.1) is 13.8 Å². The topological polar surface area (TPSA) is 125 Å². The molecule has 3 aromatic carbocycles. The molecule has 2 heterocycles. The summed E-state index contributed by atoms with van der Waals surface area (Å²) >= 11 is 6.08. The minimum Gasteiger partial charge on any atom is -0.359 e. The molecule has 0 radical (unpaired) electrons. The molecule has 1 fully saturated rings. The summed E-state index contributed by atoms with van der Waals surface area (Å²) < 4.78 is 35.5. The van der Waals surface area contributed by atoms with Gasteiger partial charge >= 0.3 is 0 Å². The normalized spacial score (nSPS) is 15.5. The number of hydrogen-bond donors (Lipinski definition) is 1. The van der Waals surface area contributed by atoms with Gasteiger partial charge in [-0.2, -0.15) is 0 Å². The lowest BCUT2D eigenvalue weighted by Gasteiger charge is -2.24. The van der Waals surface area contributed by atoms with E-state index in [0.717, 1.165) is 61.9 Å². The van der Waals surface area contributed by atoms with Crippen LogP contribution in [-0.2, 0) is 27.9 Å². The molecule has 50 heavy (non-hydrogen) atoms. The molecule has 1 aromatic heterocycles. The second kappa shape index (κ2) is 14.4. The summed E-state index contributed by atoms with van der Waals surface area (Å²) in [4.78, 5) is 36.0. The number of aryl methyl sites for hydroxylation is 1. The van der Waals surface area contributed by atoms with Gasteiger partial charge in [0.25, 0.3) is 21.8 Å². The standard InChI is InChI=1S/C38H42ClN5O5S/c1-5-6-13-34-40-38(20-9-10-21-38)37(46)44(34)23-27-14-19-31(29(22-27)24-43(4)36(45)28-15-17-30(39)18-16-28)32-11-7-8-12-33(32)50(47,48)42-35-25(2)26(3)49-41-35/h7-8,11-12,14-19,22H,5-6,9-10,13,20-21,23-24H2,1-4H3,(H,41,42).